The first-order valence-electron chi connectivity index (χ1n) is 6.97. The van der Waals surface area contributed by atoms with E-state index < -0.39 is 0 Å². The van der Waals surface area contributed by atoms with Crippen molar-refractivity contribution in [2.45, 2.75) is 45.7 Å². The van der Waals surface area contributed by atoms with Gasteiger partial charge in [0.1, 0.15) is 5.82 Å². The minimum Gasteiger partial charge on any atom is -0.368 e. The van der Waals surface area contributed by atoms with Crippen LogP contribution in [0.5, 0.6) is 0 Å². The van der Waals surface area contributed by atoms with Gasteiger partial charge in [0, 0.05) is 29.9 Å². The minimum atomic E-state index is -0.0972. The highest BCUT2D eigenvalue weighted by Gasteiger charge is 2.30. The fraction of sp³-hybridized carbons (Fsp3) is 0.600. The number of hydrogen-bond donors (Lipinski definition) is 1. The van der Waals surface area contributed by atoms with Crippen LogP contribution < -0.4 is 10.2 Å². The van der Waals surface area contributed by atoms with Gasteiger partial charge in [-0.15, -0.1) is 0 Å². The van der Waals surface area contributed by atoms with Crippen molar-refractivity contribution in [2.24, 2.45) is 0 Å². The molecule has 2 rings (SSSR count). The average molecular weight is 250 g/mol. The predicted octanol–water partition coefficient (Wildman–Crippen LogP) is 3.48. The molecule has 100 valence electrons. The highest BCUT2D eigenvalue weighted by molar-refractivity contribution is 5.57. The summed E-state index contributed by atoms with van der Waals surface area (Å²) in [6, 6.07) is 6.10. The molecular weight excluding hydrogens is 227 g/mol. The lowest BCUT2D eigenvalue weighted by atomic mass is 10.0. The zero-order valence-electron chi connectivity index (χ0n) is 11.5. The molecule has 1 aromatic rings. The zero-order valence-corrected chi connectivity index (χ0v) is 11.5. The molecule has 1 N–H and O–H groups in total. The predicted molar refractivity (Wildman–Crippen MR) is 74.5 cm³/mol. The first kappa shape index (κ1) is 13.3. The Morgan fingerprint density at radius 1 is 1.39 bits per heavy atom. The van der Waals surface area contributed by atoms with Crippen molar-refractivity contribution in [3.05, 3.63) is 29.6 Å². The molecule has 1 fully saturated rings. The Kier molecular flexibility index (Phi) is 4.23. The third-order valence-corrected chi connectivity index (χ3v) is 3.61. The van der Waals surface area contributed by atoms with Gasteiger partial charge in [0.05, 0.1) is 0 Å². The third-order valence-electron chi connectivity index (χ3n) is 3.61. The van der Waals surface area contributed by atoms with Gasteiger partial charge in [-0.2, -0.15) is 0 Å². The number of rotatable bonds is 6. The van der Waals surface area contributed by atoms with Crippen molar-refractivity contribution in [1.82, 2.24) is 5.32 Å². The molecule has 0 saturated heterocycles. The molecule has 3 heteroatoms. The highest BCUT2D eigenvalue weighted by atomic mass is 19.1. The number of nitrogens with one attached hydrogen (secondary N) is 1. The van der Waals surface area contributed by atoms with Gasteiger partial charge in [-0.05, 0) is 45.4 Å². The molecule has 1 aromatic carbocycles. The van der Waals surface area contributed by atoms with Crippen LogP contribution in [0, 0.1) is 5.82 Å². The van der Waals surface area contributed by atoms with Gasteiger partial charge in [0.25, 0.3) is 0 Å². The van der Waals surface area contributed by atoms with Crippen molar-refractivity contribution in [3.8, 4) is 0 Å². The van der Waals surface area contributed by atoms with E-state index in [9.17, 15) is 4.39 Å². The quantitative estimate of drug-likeness (QED) is 0.831. The van der Waals surface area contributed by atoms with Crippen LogP contribution in [0.2, 0.25) is 0 Å². The number of halogens is 1. The van der Waals surface area contributed by atoms with Crippen LogP contribution in [0.1, 0.15) is 45.2 Å². The summed E-state index contributed by atoms with van der Waals surface area (Å²) in [5, 5.41) is 3.31. The number of nitrogens with zero attached hydrogens (tertiary/aromatic N) is 1. The van der Waals surface area contributed by atoms with Crippen LogP contribution in [0.4, 0.5) is 10.1 Å². The SMILES string of the molecule is CCNC(C)c1c(F)cccc1N(CC)C1CC1. The lowest BCUT2D eigenvalue weighted by Crippen LogP contribution is -2.29. The number of anilines is 1. The van der Waals surface area contributed by atoms with E-state index in [1.807, 2.05) is 19.1 Å². The van der Waals surface area contributed by atoms with Crippen LogP contribution in [0.3, 0.4) is 0 Å². The van der Waals surface area contributed by atoms with Crippen molar-refractivity contribution < 1.29 is 4.39 Å². The minimum absolute atomic E-state index is 0.0546. The Labute approximate surface area is 109 Å². The maximum Gasteiger partial charge on any atom is 0.130 e. The molecule has 18 heavy (non-hydrogen) atoms. The van der Waals surface area contributed by atoms with Crippen molar-refractivity contribution in [1.29, 1.82) is 0 Å². The van der Waals surface area contributed by atoms with E-state index in [1.165, 1.54) is 12.8 Å². The molecule has 1 aliphatic rings. The second kappa shape index (κ2) is 5.70. The van der Waals surface area contributed by atoms with E-state index in [4.69, 9.17) is 0 Å². The van der Waals surface area contributed by atoms with Crippen molar-refractivity contribution in [3.63, 3.8) is 0 Å². The van der Waals surface area contributed by atoms with Crippen LogP contribution in [0.25, 0.3) is 0 Å². The molecule has 2 nitrogen and oxygen atoms in total. The van der Waals surface area contributed by atoms with Gasteiger partial charge in [0.2, 0.25) is 0 Å². The summed E-state index contributed by atoms with van der Waals surface area (Å²) in [4.78, 5) is 2.34. The van der Waals surface area contributed by atoms with Crippen LogP contribution in [0.15, 0.2) is 18.2 Å². The van der Waals surface area contributed by atoms with E-state index >= 15 is 0 Å². The van der Waals surface area contributed by atoms with Gasteiger partial charge in [-0.25, -0.2) is 4.39 Å². The van der Waals surface area contributed by atoms with Gasteiger partial charge in [-0.1, -0.05) is 13.0 Å². The monoisotopic (exact) mass is 250 g/mol. The fourth-order valence-corrected chi connectivity index (χ4v) is 2.62. The molecule has 0 aromatic heterocycles. The zero-order chi connectivity index (χ0) is 13.1. The summed E-state index contributed by atoms with van der Waals surface area (Å²) in [5.74, 6) is -0.0972. The summed E-state index contributed by atoms with van der Waals surface area (Å²) < 4.78 is 14.1. The normalized spacial score (nSPS) is 16.7. The Morgan fingerprint density at radius 3 is 2.67 bits per heavy atom. The standard InChI is InChI=1S/C15H23FN2/c1-4-17-11(3)15-13(16)7-6-8-14(15)18(5-2)12-9-10-12/h6-8,11-12,17H,4-5,9-10H2,1-3H3. The molecule has 1 saturated carbocycles. The molecule has 0 heterocycles. The second-order valence-electron chi connectivity index (χ2n) is 4.97. The fourth-order valence-electron chi connectivity index (χ4n) is 2.62. The number of benzene rings is 1. The maximum atomic E-state index is 14.1. The summed E-state index contributed by atoms with van der Waals surface area (Å²) in [7, 11) is 0. The summed E-state index contributed by atoms with van der Waals surface area (Å²) >= 11 is 0. The number of hydrogen-bond acceptors (Lipinski definition) is 2. The first-order valence-corrected chi connectivity index (χ1v) is 6.97. The van der Waals surface area contributed by atoms with E-state index in [0.717, 1.165) is 24.3 Å². The van der Waals surface area contributed by atoms with Gasteiger partial charge in [-0.3, -0.25) is 0 Å². The Bertz CT molecular complexity index is 401. The van der Waals surface area contributed by atoms with E-state index in [-0.39, 0.29) is 11.9 Å². The molecule has 0 amide bonds. The molecule has 0 spiro atoms. The maximum absolute atomic E-state index is 14.1. The van der Waals surface area contributed by atoms with E-state index in [1.54, 1.807) is 6.07 Å². The van der Waals surface area contributed by atoms with Crippen LogP contribution in [-0.4, -0.2) is 19.1 Å². The van der Waals surface area contributed by atoms with Gasteiger partial charge >= 0.3 is 0 Å². The van der Waals surface area contributed by atoms with Crippen LogP contribution in [-0.2, 0) is 0 Å². The summed E-state index contributed by atoms with van der Waals surface area (Å²) in [6.07, 6.45) is 2.47. The highest BCUT2D eigenvalue weighted by Crippen LogP contribution is 2.36. The topological polar surface area (TPSA) is 15.3 Å². The lowest BCUT2D eigenvalue weighted by Gasteiger charge is -2.28. The first-order chi connectivity index (χ1) is 8.69. The molecular formula is C15H23FN2. The largest absolute Gasteiger partial charge is 0.368 e. The summed E-state index contributed by atoms with van der Waals surface area (Å²) in [5.41, 5.74) is 1.88. The van der Waals surface area contributed by atoms with E-state index in [0.29, 0.717) is 6.04 Å². The Balaban J connectivity index is 2.35. The smallest absolute Gasteiger partial charge is 0.130 e. The molecule has 0 aliphatic heterocycles. The van der Waals surface area contributed by atoms with Crippen LogP contribution >= 0.6 is 0 Å². The Morgan fingerprint density at radius 2 is 2.11 bits per heavy atom. The van der Waals surface area contributed by atoms with E-state index in [2.05, 4.69) is 24.1 Å². The third kappa shape index (κ3) is 2.66. The second-order valence-corrected chi connectivity index (χ2v) is 4.97. The summed E-state index contributed by atoms with van der Waals surface area (Å²) in [6.45, 7) is 8.02. The Hall–Kier alpha value is -1.09. The molecule has 0 radical (unpaired) electrons. The van der Waals surface area contributed by atoms with Gasteiger partial charge in [0.15, 0.2) is 0 Å². The molecule has 1 atom stereocenters. The van der Waals surface area contributed by atoms with Crippen molar-refractivity contribution in [2.75, 3.05) is 18.0 Å². The average Bonchev–Trinajstić information content (AvgIpc) is 3.15. The lowest BCUT2D eigenvalue weighted by molar-refractivity contribution is 0.539. The molecule has 1 unspecified atom stereocenters. The molecule has 0 bridgehead atoms. The molecule has 1 aliphatic carbocycles. The van der Waals surface area contributed by atoms with Crippen molar-refractivity contribution >= 4 is 5.69 Å². The van der Waals surface area contributed by atoms with Gasteiger partial charge < -0.3 is 10.2 Å².